The molecular weight excluding hydrogens is 582 g/mol. The van der Waals surface area contributed by atoms with Crippen molar-refractivity contribution in [3.05, 3.63) is 106 Å². The number of benzene rings is 3. The Morgan fingerprint density at radius 3 is 1.31 bits per heavy atom. The number of carbonyl (C=O) groups is 4. The number of rotatable bonds is 10. The third kappa shape index (κ3) is 6.87. The first-order valence-corrected chi connectivity index (χ1v) is 13.7. The Labute approximate surface area is 259 Å². The molecule has 0 saturated heterocycles. The molecule has 3 aromatic carbocycles. The summed E-state index contributed by atoms with van der Waals surface area (Å²) < 4.78 is 18.2. The van der Waals surface area contributed by atoms with E-state index in [0.717, 1.165) is 0 Å². The van der Waals surface area contributed by atoms with E-state index in [-0.39, 0.29) is 35.7 Å². The van der Waals surface area contributed by atoms with Crippen LogP contribution in [0, 0.1) is 0 Å². The first kappa shape index (κ1) is 32.5. The number of esters is 2. The topological polar surface area (TPSA) is 148 Å². The lowest BCUT2D eigenvalue weighted by Gasteiger charge is -2.18. The van der Waals surface area contributed by atoms with Gasteiger partial charge in [0.15, 0.2) is 11.4 Å². The maximum absolute atomic E-state index is 13.8. The molecule has 12 nitrogen and oxygen atoms in total. The van der Waals surface area contributed by atoms with Crippen molar-refractivity contribution in [2.45, 2.75) is 13.2 Å². The van der Waals surface area contributed by atoms with Crippen molar-refractivity contribution in [1.82, 2.24) is 14.4 Å². The number of hydrogen-bond acceptors (Lipinski definition) is 9. The second-order valence-corrected chi connectivity index (χ2v) is 10.3. The molecule has 45 heavy (non-hydrogen) atoms. The van der Waals surface area contributed by atoms with Crippen molar-refractivity contribution >= 4 is 23.8 Å². The van der Waals surface area contributed by atoms with E-state index in [1.165, 1.54) is 98.2 Å². The Hall–Kier alpha value is -5.46. The van der Waals surface area contributed by atoms with Crippen LogP contribution in [0.25, 0.3) is 5.69 Å². The van der Waals surface area contributed by atoms with Crippen LogP contribution in [0.1, 0.15) is 52.8 Å². The quantitative estimate of drug-likeness (QED) is 0.257. The number of carbonyl (C=O) groups excluding carboxylic acids is 4. The molecule has 4 aromatic rings. The van der Waals surface area contributed by atoms with Gasteiger partial charge >= 0.3 is 11.9 Å². The molecule has 0 unspecified atom stereocenters. The Morgan fingerprint density at radius 2 is 1.00 bits per heavy atom. The van der Waals surface area contributed by atoms with E-state index >= 15 is 0 Å². The smallest absolute Gasteiger partial charge is 0.343 e. The zero-order valence-electron chi connectivity index (χ0n) is 25.4. The predicted molar refractivity (Wildman–Crippen MR) is 163 cm³/mol. The number of aliphatic hydroxyl groups excluding tert-OH is 2. The minimum atomic E-state index is -0.910. The van der Waals surface area contributed by atoms with Gasteiger partial charge in [0, 0.05) is 33.9 Å². The number of ether oxygens (including phenoxy) is 3. The number of aliphatic hydroxyl groups is 2. The molecule has 0 radical (unpaired) electrons. The molecule has 0 fully saturated rings. The number of methoxy groups -OCH3 is 1. The van der Waals surface area contributed by atoms with Crippen LogP contribution < -0.4 is 14.2 Å². The Kier molecular flexibility index (Phi) is 10.0. The maximum atomic E-state index is 13.8. The van der Waals surface area contributed by atoms with E-state index in [1.54, 1.807) is 24.3 Å². The lowest BCUT2D eigenvalue weighted by Crippen LogP contribution is -2.28. The summed E-state index contributed by atoms with van der Waals surface area (Å²) in [4.78, 5) is 57.1. The average molecular weight is 616 g/mol. The van der Waals surface area contributed by atoms with Crippen molar-refractivity contribution in [3.8, 4) is 22.9 Å². The van der Waals surface area contributed by atoms with Gasteiger partial charge in [-0.15, -0.1) is 0 Å². The third-order valence-electron chi connectivity index (χ3n) is 6.77. The fraction of sp³-hybridized carbons (Fsp3) is 0.212. The van der Waals surface area contributed by atoms with Crippen LogP contribution in [-0.2, 0) is 13.2 Å². The summed E-state index contributed by atoms with van der Waals surface area (Å²) in [6.07, 6.45) is 0. The molecule has 2 N–H and O–H groups in total. The standard InChI is InChI=1S/C33H33N3O9/c1-34(2)30(39)26-28(44-32(41)22-10-6-20(18-37)7-11-22)29(45-33(42)23-12-8-21(19-38)9-13-23)27(31(40)35(3)4)36(26)24-14-16-25(43-5)17-15-24/h6-17,37-38H,18-19H2,1-5H3. The molecular formula is C33H33N3O9. The maximum Gasteiger partial charge on any atom is 0.343 e. The molecule has 0 saturated carbocycles. The number of aromatic nitrogens is 1. The highest BCUT2D eigenvalue weighted by atomic mass is 16.6. The van der Waals surface area contributed by atoms with Gasteiger partial charge < -0.3 is 34.2 Å². The molecule has 0 atom stereocenters. The van der Waals surface area contributed by atoms with E-state index in [1.807, 2.05) is 0 Å². The largest absolute Gasteiger partial charge is 0.497 e. The van der Waals surface area contributed by atoms with Gasteiger partial charge in [0.05, 0.1) is 31.5 Å². The van der Waals surface area contributed by atoms with Gasteiger partial charge in [-0.1, -0.05) is 24.3 Å². The summed E-state index contributed by atoms with van der Waals surface area (Å²) in [7, 11) is 7.41. The van der Waals surface area contributed by atoms with Gasteiger partial charge in [-0.25, -0.2) is 9.59 Å². The van der Waals surface area contributed by atoms with E-state index in [0.29, 0.717) is 22.6 Å². The second-order valence-electron chi connectivity index (χ2n) is 10.3. The number of hydrogen-bond donors (Lipinski definition) is 2. The van der Waals surface area contributed by atoms with E-state index in [9.17, 15) is 29.4 Å². The molecule has 0 aliphatic heterocycles. The Balaban J connectivity index is 2.02. The van der Waals surface area contributed by atoms with Crippen molar-refractivity contribution in [2.75, 3.05) is 35.3 Å². The Bertz CT molecular complexity index is 1600. The highest BCUT2D eigenvalue weighted by molar-refractivity contribution is 6.07. The first-order chi connectivity index (χ1) is 21.5. The van der Waals surface area contributed by atoms with Crippen LogP contribution in [0.4, 0.5) is 0 Å². The van der Waals surface area contributed by atoms with Crippen LogP contribution in [-0.4, -0.2) is 83.6 Å². The van der Waals surface area contributed by atoms with Gasteiger partial charge in [0.1, 0.15) is 5.75 Å². The highest BCUT2D eigenvalue weighted by Gasteiger charge is 2.38. The number of nitrogens with zero attached hydrogens (tertiary/aromatic N) is 3. The number of amides is 2. The summed E-state index contributed by atoms with van der Waals surface area (Å²) >= 11 is 0. The van der Waals surface area contributed by atoms with E-state index in [4.69, 9.17) is 14.2 Å². The lowest BCUT2D eigenvalue weighted by molar-refractivity contribution is 0.0672. The molecule has 0 spiro atoms. The Morgan fingerprint density at radius 1 is 0.622 bits per heavy atom. The molecule has 1 heterocycles. The van der Waals surface area contributed by atoms with Crippen LogP contribution >= 0.6 is 0 Å². The van der Waals surface area contributed by atoms with Crippen molar-refractivity contribution < 1.29 is 43.6 Å². The molecule has 0 aliphatic rings. The van der Waals surface area contributed by atoms with Crippen molar-refractivity contribution in [3.63, 3.8) is 0 Å². The van der Waals surface area contributed by atoms with Crippen LogP contribution in [0.5, 0.6) is 17.2 Å². The summed E-state index contributed by atoms with van der Waals surface area (Å²) in [6.45, 7) is -0.478. The van der Waals surface area contributed by atoms with Gasteiger partial charge in [0.2, 0.25) is 11.5 Å². The van der Waals surface area contributed by atoms with Gasteiger partial charge in [-0.05, 0) is 59.7 Å². The molecule has 0 bridgehead atoms. The normalized spacial score (nSPS) is 10.6. The van der Waals surface area contributed by atoms with Crippen molar-refractivity contribution in [2.24, 2.45) is 0 Å². The van der Waals surface area contributed by atoms with Crippen molar-refractivity contribution in [1.29, 1.82) is 0 Å². The summed E-state index contributed by atoms with van der Waals surface area (Å²) in [5.74, 6) is -3.54. The summed E-state index contributed by atoms with van der Waals surface area (Å²) in [6, 6.07) is 18.3. The lowest BCUT2D eigenvalue weighted by atomic mass is 10.1. The fourth-order valence-electron chi connectivity index (χ4n) is 4.31. The summed E-state index contributed by atoms with van der Waals surface area (Å²) in [5.41, 5.74) is 1.06. The van der Waals surface area contributed by atoms with Gasteiger partial charge in [0.25, 0.3) is 11.8 Å². The molecule has 1 aromatic heterocycles. The fourth-order valence-corrected chi connectivity index (χ4v) is 4.31. The monoisotopic (exact) mass is 615 g/mol. The zero-order valence-corrected chi connectivity index (χ0v) is 25.4. The molecule has 4 rings (SSSR count). The van der Waals surface area contributed by atoms with E-state index in [2.05, 4.69) is 0 Å². The SMILES string of the molecule is COc1ccc(-n2c(C(=O)N(C)C)c(OC(=O)c3ccc(CO)cc3)c(OC(=O)c3ccc(CO)cc3)c2C(=O)N(C)C)cc1. The first-order valence-electron chi connectivity index (χ1n) is 13.7. The average Bonchev–Trinajstić information content (AvgIpc) is 3.36. The molecule has 234 valence electrons. The predicted octanol–water partition coefficient (Wildman–Crippen LogP) is 3.31. The molecule has 2 amide bonds. The minimum Gasteiger partial charge on any atom is -0.497 e. The minimum absolute atomic E-state index is 0.0741. The highest BCUT2D eigenvalue weighted by Crippen LogP contribution is 2.42. The van der Waals surface area contributed by atoms with Crippen LogP contribution in [0.3, 0.4) is 0 Å². The zero-order chi connectivity index (χ0) is 32.8. The third-order valence-corrected chi connectivity index (χ3v) is 6.77. The molecule has 0 aliphatic carbocycles. The van der Waals surface area contributed by atoms with Gasteiger partial charge in [-0.2, -0.15) is 0 Å². The summed E-state index contributed by atoms with van der Waals surface area (Å²) in [5, 5.41) is 18.8. The van der Waals surface area contributed by atoms with Crippen LogP contribution in [0.2, 0.25) is 0 Å². The molecule has 12 heteroatoms. The second kappa shape index (κ2) is 13.9. The van der Waals surface area contributed by atoms with E-state index < -0.39 is 35.3 Å². The van der Waals surface area contributed by atoms with Crippen LogP contribution in [0.15, 0.2) is 72.8 Å². The van der Waals surface area contributed by atoms with Gasteiger partial charge in [-0.3, -0.25) is 14.2 Å².